The topological polar surface area (TPSA) is 210 Å². The van der Waals surface area contributed by atoms with Crippen molar-refractivity contribution in [3.8, 4) is 0 Å². The fourth-order valence-corrected chi connectivity index (χ4v) is 11.5. The van der Waals surface area contributed by atoms with Gasteiger partial charge in [-0.25, -0.2) is 28.5 Å². The molecule has 16 rings (SSSR count). The molecule has 0 amide bonds. The SMILES string of the molecule is Clc1nc(Cl)c2cccn2n1.Clc1nc(Nc2cn(C3CCC3)cn2)c2cccn2n1.Nc1ccn(C2CCC2)c1.c1ccc(C2CCCC2)nc1.c1ccc(C2CCCN2c2nc(Nc3cn(C4CCC4)cn3)c3cccn3n2)nc1. The maximum absolute atomic E-state index is 5.93. The van der Waals surface area contributed by atoms with Gasteiger partial charge in [0.25, 0.3) is 0 Å². The number of imidazole rings is 2. The van der Waals surface area contributed by atoms with Gasteiger partial charge in [0.1, 0.15) is 28.2 Å². The van der Waals surface area contributed by atoms with Crippen molar-refractivity contribution < 1.29 is 0 Å². The van der Waals surface area contributed by atoms with E-state index in [-0.39, 0.29) is 16.6 Å². The quantitative estimate of drug-likeness (QED) is 0.116. The summed E-state index contributed by atoms with van der Waals surface area (Å²) in [5, 5.41) is 20.1. The summed E-state index contributed by atoms with van der Waals surface area (Å²) in [6, 6.07) is 27.9. The number of aromatic nitrogens is 16. The Bertz CT molecular complexity index is 3810. The van der Waals surface area contributed by atoms with Crippen LogP contribution in [0, 0.1) is 0 Å². The van der Waals surface area contributed by atoms with E-state index < -0.39 is 0 Å². The van der Waals surface area contributed by atoms with Crippen LogP contribution in [0.5, 0.6) is 0 Å². The molecule has 422 valence electrons. The van der Waals surface area contributed by atoms with Crippen molar-refractivity contribution in [1.29, 1.82) is 0 Å². The molecule has 1 atom stereocenters. The van der Waals surface area contributed by atoms with Gasteiger partial charge in [-0.2, -0.15) is 9.97 Å². The zero-order valence-corrected chi connectivity index (χ0v) is 47.6. The van der Waals surface area contributed by atoms with Gasteiger partial charge in [0.15, 0.2) is 16.8 Å². The number of fused-ring (bicyclic) bond motifs is 3. The van der Waals surface area contributed by atoms with E-state index in [1.165, 1.54) is 89.2 Å². The van der Waals surface area contributed by atoms with Gasteiger partial charge in [0.05, 0.1) is 24.4 Å². The Morgan fingerprint density at radius 3 is 1.55 bits per heavy atom. The van der Waals surface area contributed by atoms with Gasteiger partial charge in [0.2, 0.25) is 16.5 Å². The van der Waals surface area contributed by atoms with Gasteiger partial charge in [-0.1, -0.05) is 36.6 Å². The lowest BCUT2D eigenvalue weighted by atomic mass is 9.93. The van der Waals surface area contributed by atoms with Gasteiger partial charge in [0, 0.05) is 97.7 Å². The van der Waals surface area contributed by atoms with E-state index in [4.69, 9.17) is 50.6 Å². The third kappa shape index (κ3) is 12.8. The average molecular weight is 1160 g/mol. The zero-order valence-electron chi connectivity index (χ0n) is 45.4. The molecule has 5 aliphatic rings. The van der Waals surface area contributed by atoms with Gasteiger partial charge < -0.3 is 35.0 Å². The van der Waals surface area contributed by atoms with Crippen molar-refractivity contribution in [3.63, 3.8) is 0 Å². The summed E-state index contributed by atoms with van der Waals surface area (Å²) in [6.07, 6.45) is 40.5. The number of nitrogens with two attached hydrogens (primary N) is 1. The predicted molar refractivity (Wildman–Crippen MR) is 322 cm³/mol. The third-order valence-electron chi connectivity index (χ3n) is 16.0. The number of anilines is 6. The van der Waals surface area contributed by atoms with E-state index in [0.29, 0.717) is 29.0 Å². The Hall–Kier alpha value is -8.07. The van der Waals surface area contributed by atoms with Crippen LogP contribution in [0.2, 0.25) is 15.7 Å². The molecule has 4 N–H and O–H groups in total. The fourth-order valence-electron chi connectivity index (χ4n) is 10.9. The second-order valence-corrected chi connectivity index (χ2v) is 22.4. The highest BCUT2D eigenvalue weighted by Crippen LogP contribution is 2.37. The highest BCUT2D eigenvalue weighted by atomic mass is 35.5. The van der Waals surface area contributed by atoms with Crippen LogP contribution in [0.4, 0.5) is 34.9 Å². The van der Waals surface area contributed by atoms with Crippen LogP contribution in [0.15, 0.2) is 147 Å². The van der Waals surface area contributed by atoms with Crippen LogP contribution in [0.3, 0.4) is 0 Å². The number of hydrogen-bond acceptors (Lipinski definition) is 14. The van der Waals surface area contributed by atoms with Crippen LogP contribution in [0.1, 0.15) is 138 Å². The molecule has 0 bridgehead atoms. The molecule has 1 unspecified atom stereocenters. The number of nitrogen functional groups attached to an aromatic ring is 1. The molecular formula is C59H65Cl3N20. The molecule has 1 aliphatic heterocycles. The van der Waals surface area contributed by atoms with Gasteiger partial charge in [-0.05, 0) is 173 Å². The lowest BCUT2D eigenvalue weighted by Gasteiger charge is -2.26. The number of nitrogens with one attached hydrogen (secondary N) is 2. The van der Waals surface area contributed by atoms with Crippen molar-refractivity contribution in [1.82, 2.24) is 77.4 Å². The van der Waals surface area contributed by atoms with E-state index in [1.54, 1.807) is 15.2 Å². The first-order chi connectivity index (χ1) is 40.2. The Morgan fingerprint density at radius 2 is 1.00 bits per heavy atom. The average Bonchev–Trinajstić information content (AvgIpc) is 4.46. The number of rotatable bonds is 10. The molecule has 20 nitrogen and oxygen atoms in total. The smallest absolute Gasteiger partial charge is 0.246 e. The summed E-state index contributed by atoms with van der Waals surface area (Å²) in [5.41, 5.74) is 11.4. The second kappa shape index (κ2) is 25.4. The summed E-state index contributed by atoms with van der Waals surface area (Å²) < 4.78 is 11.8. The van der Waals surface area contributed by atoms with E-state index in [2.05, 4.69) is 99.9 Å². The van der Waals surface area contributed by atoms with E-state index in [0.717, 1.165) is 76.7 Å². The molecule has 82 heavy (non-hydrogen) atoms. The lowest BCUT2D eigenvalue weighted by Crippen LogP contribution is -2.26. The Morgan fingerprint density at radius 1 is 0.463 bits per heavy atom. The highest BCUT2D eigenvalue weighted by molar-refractivity contribution is 6.34. The van der Waals surface area contributed by atoms with Crippen LogP contribution < -0.4 is 21.3 Å². The molecular weight excluding hydrogens is 1100 g/mol. The largest absolute Gasteiger partial charge is 0.398 e. The Balaban J connectivity index is 0.000000110. The number of hydrogen-bond donors (Lipinski definition) is 3. The summed E-state index contributed by atoms with van der Waals surface area (Å²) in [6.45, 7) is 0.920. The first-order valence-corrected chi connectivity index (χ1v) is 29.5. The summed E-state index contributed by atoms with van der Waals surface area (Å²) in [5.74, 6) is 4.50. The third-order valence-corrected chi connectivity index (χ3v) is 16.6. The zero-order chi connectivity index (χ0) is 55.8. The van der Waals surface area contributed by atoms with Crippen LogP contribution in [-0.4, -0.2) is 84.0 Å². The minimum absolute atomic E-state index is 0.152. The monoisotopic (exact) mass is 1160 g/mol. The molecule has 0 spiro atoms. The maximum Gasteiger partial charge on any atom is 0.246 e. The fraction of sp³-hybridized carbons (Fsp3) is 0.356. The molecule has 1 saturated heterocycles. The normalized spacial score (nSPS) is 17.1. The van der Waals surface area contributed by atoms with Gasteiger partial charge in [-0.3, -0.25) is 9.97 Å². The highest BCUT2D eigenvalue weighted by Gasteiger charge is 2.30. The molecule has 0 radical (unpaired) electrons. The Labute approximate surface area is 489 Å². The molecule has 12 heterocycles. The number of pyridine rings is 2. The van der Waals surface area contributed by atoms with Gasteiger partial charge in [-0.15, -0.1) is 15.3 Å². The minimum atomic E-state index is 0.152. The molecule has 4 saturated carbocycles. The Kier molecular flexibility index (Phi) is 16.9. The van der Waals surface area contributed by atoms with E-state index in [9.17, 15) is 0 Å². The van der Waals surface area contributed by atoms with E-state index in [1.807, 2.05) is 115 Å². The van der Waals surface area contributed by atoms with E-state index >= 15 is 0 Å². The molecule has 0 aromatic carbocycles. The summed E-state index contributed by atoms with van der Waals surface area (Å²) in [7, 11) is 0. The van der Waals surface area contributed by atoms with Crippen LogP contribution in [-0.2, 0) is 0 Å². The van der Waals surface area contributed by atoms with Crippen molar-refractivity contribution in [2.24, 2.45) is 0 Å². The summed E-state index contributed by atoms with van der Waals surface area (Å²) in [4.78, 5) is 33.1. The van der Waals surface area contributed by atoms with Crippen molar-refractivity contribution >= 4 is 86.3 Å². The van der Waals surface area contributed by atoms with Crippen molar-refractivity contribution in [2.45, 2.75) is 126 Å². The molecule has 5 fully saturated rings. The second-order valence-electron chi connectivity index (χ2n) is 21.3. The standard InChI is InChI=1S/C22H24N8.C13H13ClN6.C10H13N.C8H12N2.C6H3Cl2N3/c1-2-11-23-17(8-1)18-9-4-12-29(18)22-26-21(19-10-5-13-30(19)27-22)25-20-14-28(15-24-20)16-6-3-7-16;14-13-17-12(10-5-2-6-20(10)18-13)16-11-7-19(8-15-11)9-3-1-4-9;1-2-6-9(5-1)10-7-3-4-8-11-10;9-7-4-5-10(6-7)8-2-1-3-8;7-5-4-2-1-3-11(4)10-6(8)9-5/h1-2,5,8,10-11,13-16,18H,3-4,6-7,9,12H2,(H,25,26,27);2,5-9H,1,3-4H2,(H,16,17,18);3-4,7-9H,1-2,5-6H2;4-6,8H,1-3,9H2;1-3H. The molecule has 23 heteroatoms. The van der Waals surface area contributed by atoms with Gasteiger partial charge >= 0.3 is 0 Å². The number of halogens is 3. The first kappa shape index (κ1) is 54.5. The molecule has 4 aliphatic carbocycles. The van der Waals surface area contributed by atoms with Crippen molar-refractivity contribution in [3.05, 3.63) is 174 Å². The first-order valence-electron chi connectivity index (χ1n) is 28.4. The molecule has 11 aromatic rings. The molecule has 11 aromatic heterocycles. The van der Waals surface area contributed by atoms with Crippen LogP contribution in [0.25, 0.3) is 16.6 Å². The summed E-state index contributed by atoms with van der Waals surface area (Å²) >= 11 is 17.2. The minimum Gasteiger partial charge on any atom is -0.398 e. The lowest BCUT2D eigenvalue weighted by molar-refractivity contribution is 0.313. The maximum atomic E-state index is 5.93. The van der Waals surface area contributed by atoms with Crippen molar-refractivity contribution in [2.75, 3.05) is 27.8 Å². The predicted octanol–water partition coefficient (Wildman–Crippen LogP) is 13.7. The number of nitrogens with zero attached hydrogens (tertiary/aromatic N) is 17. The van der Waals surface area contributed by atoms with Crippen LogP contribution >= 0.6 is 34.8 Å².